The van der Waals surface area contributed by atoms with E-state index in [1.165, 1.54) is 14.0 Å². The van der Waals surface area contributed by atoms with E-state index in [2.05, 4.69) is 10.1 Å². The molecule has 24 heavy (non-hydrogen) atoms. The second kappa shape index (κ2) is 8.53. The van der Waals surface area contributed by atoms with E-state index in [1.807, 2.05) is 42.5 Å². The molecule has 0 atom stereocenters. The van der Waals surface area contributed by atoms with Crippen molar-refractivity contribution in [2.45, 2.75) is 13.5 Å². The van der Waals surface area contributed by atoms with Crippen LogP contribution in [0.4, 0.5) is 0 Å². The first-order valence-corrected chi connectivity index (χ1v) is 7.43. The number of amides is 1. The molecule has 0 aliphatic heterocycles. The van der Waals surface area contributed by atoms with Crippen molar-refractivity contribution in [3.8, 4) is 5.75 Å². The number of esters is 1. The molecular weight excluding hydrogens is 306 g/mol. The molecule has 0 aliphatic carbocycles. The van der Waals surface area contributed by atoms with Crippen LogP contribution in [0.2, 0.25) is 0 Å². The number of nitrogens with one attached hydrogen (secondary N) is 1. The van der Waals surface area contributed by atoms with Gasteiger partial charge in [0.2, 0.25) is 5.91 Å². The number of rotatable bonds is 6. The fourth-order valence-electron chi connectivity index (χ4n) is 2.05. The summed E-state index contributed by atoms with van der Waals surface area (Å²) < 4.78 is 10.4. The smallest absolute Gasteiger partial charge is 0.354 e. The molecule has 0 spiro atoms. The molecule has 0 saturated heterocycles. The average Bonchev–Trinajstić information content (AvgIpc) is 2.59. The number of hydrogen-bond acceptors (Lipinski definition) is 4. The highest BCUT2D eigenvalue weighted by molar-refractivity contribution is 5.97. The van der Waals surface area contributed by atoms with Crippen LogP contribution in [0.5, 0.6) is 5.75 Å². The van der Waals surface area contributed by atoms with E-state index in [9.17, 15) is 9.59 Å². The molecule has 1 N–H and O–H groups in total. The lowest BCUT2D eigenvalue weighted by atomic mass is 10.1. The second-order valence-corrected chi connectivity index (χ2v) is 5.08. The molecule has 2 rings (SSSR count). The summed E-state index contributed by atoms with van der Waals surface area (Å²) in [6.07, 6.45) is 1.54. The van der Waals surface area contributed by atoms with E-state index in [0.29, 0.717) is 12.4 Å². The Morgan fingerprint density at radius 3 is 2.50 bits per heavy atom. The topological polar surface area (TPSA) is 64.6 Å². The number of methoxy groups -OCH3 is 1. The molecule has 0 bridgehead atoms. The summed E-state index contributed by atoms with van der Waals surface area (Å²) in [6.45, 7) is 1.78. The van der Waals surface area contributed by atoms with Gasteiger partial charge in [0.15, 0.2) is 0 Å². The molecule has 2 aromatic rings. The summed E-state index contributed by atoms with van der Waals surface area (Å²) in [4.78, 5) is 22.9. The van der Waals surface area contributed by atoms with Crippen LogP contribution in [-0.4, -0.2) is 19.0 Å². The lowest BCUT2D eigenvalue weighted by molar-refractivity contribution is -0.137. The fraction of sp³-hybridized carbons (Fsp3) is 0.158. The van der Waals surface area contributed by atoms with Gasteiger partial charge in [-0.1, -0.05) is 42.5 Å². The number of benzene rings is 2. The minimum Gasteiger partial charge on any atom is -0.489 e. The third-order valence-corrected chi connectivity index (χ3v) is 3.13. The number of carbonyl (C=O) groups is 2. The van der Waals surface area contributed by atoms with Gasteiger partial charge in [0.25, 0.3) is 0 Å². The van der Waals surface area contributed by atoms with E-state index in [1.54, 1.807) is 18.2 Å². The number of carbonyl (C=O) groups excluding carboxylic acids is 2. The Labute approximate surface area is 140 Å². The van der Waals surface area contributed by atoms with Crippen LogP contribution in [0, 0.1) is 0 Å². The van der Waals surface area contributed by atoms with Crippen LogP contribution in [-0.2, 0) is 20.9 Å². The van der Waals surface area contributed by atoms with E-state index < -0.39 is 5.97 Å². The summed E-state index contributed by atoms with van der Waals surface area (Å²) in [6, 6.07) is 17.1. The van der Waals surface area contributed by atoms with Crippen molar-refractivity contribution in [1.82, 2.24) is 5.32 Å². The van der Waals surface area contributed by atoms with Crippen molar-refractivity contribution in [3.63, 3.8) is 0 Å². The highest BCUT2D eigenvalue weighted by Gasteiger charge is 2.11. The predicted molar refractivity (Wildman–Crippen MR) is 91.0 cm³/mol. The quantitative estimate of drug-likeness (QED) is 0.655. The maximum Gasteiger partial charge on any atom is 0.354 e. The Kier molecular flexibility index (Phi) is 6.14. The Hall–Kier alpha value is -3.08. The first-order valence-electron chi connectivity index (χ1n) is 7.43. The molecule has 5 heteroatoms. The van der Waals surface area contributed by atoms with Gasteiger partial charge >= 0.3 is 5.97 Å². The molecule has 1 amide bonds. The molecule has 2 aromatic carbocycles. The summed E-state index contributed by atoms with van der Waals surface area (Å²) in [7, 11) is 1.26. The van der Waals surface area contributed by atoms with Gasteiger partial charge in [0.1, 0.15) is 18.1 Å². The molecular formula is C19H19NO4. The molecule has 124 valence electrons. The zero-order chi connectivity index (χ0) is 17.4. The van der Waals surface area contributed by atoms with Crippen LogP contribution in [0.15, 0.2) is 60.3 Å². The van der Waals surface area contributed by atoms with E-state index in [-0.39, 0.29) is 11.6 Å². The van der Waals surface area contributed by atoms with E-state index >= 15 is 0 Å². The third-order valence-electron chi connectivity index (χ3n) is 3.13. The Bertz CT molecular complexity index is 738. The molecule has 0 aromatic heterocycles. The lowest BCUT2D eigenvalue weighted by Crippen LogP contribution is -2.25. The summed E-state index contributed by atoms with van der Waals surface area (Å²) in [5.41, 5.74) is 1.85. The zero-order valence-corrected chi connectivity index (χ0v) is 13.6. The van der Waals surface area contributed by atoms with Gasteiger partial charge in [-0.3, -0.25) is 4.79 Å². The van der Waals surface area contributed by atoms with Crippen molar-refractivity contribution >= 4 is 18.0 Å². The van der Waals surface area contributed by atoms with Crippen molar-refractivity contribution < 1.29 is 19.1 Å². The minimum atomic E-state index is -0.610. The second-order valence-electron chi connectivity index (χ2n) is 5.08. The van der Waals surface area contributed by atoms with Crippen LogP contribution in [0.25, 0.3) is 6.08 Å². The molecule has 0 radical (unpaired) electrons. The summed E-state index contributed by atoms with van der Waals surface area (Å²) in [5, 5.41) is 2.46. The van der Waals surface area contributed by atoms with Gasteiger partial charge in [-0.2, -0.15) is 0 Å². The van der Waals surface area contributed by atoms with Gasteiger partial charge in [0.05, 0.1) is 7.11 Å². The standard InChI is InChI=1S/C19H19NO4/c1-14(21)20-18(19(22)23-2)12-16-9-6-10-17(11-16)24-13-15-7-4-3-5-8-15/h3-12H,13H2,1-2H3,(H,20,21)/b18-12+. The zero-order valence-electron chi connectivity index (χ0n) is 13.6. The molecule has 5 nitrogen and oxygen atoms in total. The van der Waals surface area contributed by atoms with Crippen LogP contribution in [0.3, 0.4) is 0 Å². The molecule has 0 unspecified atom stereocenters. The van der Waals surface area contributed by atoms with E-state index in [0.717, 1.165) is 11.1 Å². The normalized spacial score (nSPS) is 10.8. The molecule has 0 saturated carbocycles. The fourth-order valence-corrected chi connectivity index (χ4v) is 2.05. The van der Waals surface area contributed by atoms with Gasteiger partial charge < -0.3 is 14.8 Å². The Morgan fingerprint density at radius 2 is 1.83 bits per heavy atom. The van der Waals surface area contributed by atoms with Gasteiger partial charge in [-0.15, -0.1) is 0 Å². The van der Waals surface area contributed by atoms with Gasteiger partial charge in [-0.05, 0) is 29.3 Å². The SMILES string of the molecule is COC(=O)/C(=C\c1cccc(OCc2ccccc2)c1)NC(C)=O. The summed E-state index contributed by atoms with van der Waals surface area (Å²) >= 11 is 0. The largest absolute Gasteiger partial charge is 0.489 e. The Morgan fingerprint density at radius 1 is 1.08 bits per heavy atom. The predicted octanol–water partition coefficient (Wildman–Crippen LogP) is 2.92. The minimum absolute atomic E-state index is 0.0743. The maximum absolute atomic E-state index is 11.7. The molecule has 0 heterocycles. The summed E-state index contributed by atoms with van der Waals surface area (Å²) in [5.74, 6) is -0.288. The van der Waals surface area contributed by atoms with Crippen LogP contribution < -0.4 is 10.1 Å². The number of hydrogen-bond donors (Lipinski definition) is 1. The van der Waals surface area contributed by atoms with E-state index in [4.69, 9.17) is 4.74 Å². The van der Waals surface area contributed by atoms with Gasteiger partial charge in [0, 0.05) is 6.92 Å². The van der Waals surface area contributed by atoms with Crippen LogP contribution in [0.1, 0.15) is 18.1 Å². The van der Waals surface area contributed by atoms with Crippen molar-refractivity contribution in [3.05, 3.63) is 71.4 Å². The first kappa shape index (κ1) is 17.3. The van der Waals surface area contributed by atoms with Crippen molar-refractivity contribution in [1.29, 1.82) is 0 Å². The third kappa shape index (κ3) is 5.28. The molecule has 0 aliphatic rings. The van der Waals surface area contributed by atoms with Crippen molar-refractivity contribution in [2.24, 2.45) is 0 Å². The molecule has 0 fully saturated rings. The van der Waals surface area contributed by atoms with Gasteiger partial charge in [-0.25, -0.2) is 4.79 Å². The average molecular weight is 325 g/mol. The van der Waals surface area contributed by atoms with Crippen molar-refractivity contribution in [2.75, 3.05) is 7.11 Å². The Balaban J connectivity index is 2.14. The monoisotopic (exact) mass is 325 g/mol. The van der Waals surface area contributed by atoms with Crippen LogP contribution >= 0.6 is 0 Å². The number of ether oxygens (including phenoxy) is 2. The highest BCUT2D eigenvalue weighted by Crippen LogP contribution is 2.17. The first-order chi connectivity index (χ1) is 11.6. The highest BCUT2D eigenvalue weighted by atomic mass is 16.5. The lowest BCUT2D eigenvalue weighted by Gasteiger charge is -2.08. The maximum atomic E-state index is 11.7.